The van der Waals surface area contributed by atoms with Crippen molar-refractivity contribution in [2.75, 3.05) is 12.3 Å². The van der Waals surface area contributed by atoms with Crippen LogP contribution in [-0.2, 0) is 9.84 Å². The average molecular weight is 235 g/mol. The van der Waals surface area contributed by atoms with Crippen molar-refractivity contribution in [2.45, 2.75) is 52.3 Å². The van der Waals surface area contributed by atoms with Crippen LogP contribution in [0.15, 0.2) is 0 Å². The quantitative estimate of drug-likeness (QED) is 0.732. The Balaban J connectivity index is 4.25. The zero-order valence-corrected chi connectivity index (χ0v) is 11.4. The fourth-order valence-corrected chi connectivity index (χ4v) is 3.54. The van der Waals surface area contributed by atoms with Gasteiger partial charge >= 0.3 is 0 Å². The maximum Gasteiger partial charge on any atom is 0.153 e. The lowest BCUT2D eigenvalue weighted by Crippen LogP contribution is -2.33. The smallest absolute Gasteiger partial charge is 0.153 e. The van der Waals surface area contributed by atoms with Gasteiger partial charge in [0.25, 0.3) is 0 Å². The predicted octanol–water partition coefficient (Wildman–Crippen LogP) is 1.83. The van der Waals surface area contributed by atoms with E-state index < -0.39 is 9.84 Å². The fourth-order valence-electron chi connectivity index (χ4n) is 1.71. The summed E-state index contributed by atoms with van der Waals surface area (Å²) in [5.41, 5.74) is 0. The Morgan fingerprint density at radius 3 is 2.07 bits per heavy atom. The maximum atomic E-state index is 11.9. The molecule has 0 rings (SSSR count). The van der Waals surface area contributed by atoms with E-state index in [9.17, 15) is 8.42 Å². The molecule has 0 amide bonds. The van der Waals surface area contributed by atoms with Crippen molar-refractivity contribution in [3.05, 3.63) is 0 Å². The fraction of sp³-hybridized carbons (Fsp3) is 1.00. The first kappa shape index (κ1) is 14.9. The van der Waals surface area contributed by atoms with Crippen LogP contribution in [0.2, 0.25) is 0 Å². The summed E-state index contributed by atoms with van der Waals surface area (Å²) in [5, 5.41) is 3.00. The Morgan fingerprint density at radius 2 is 1.67 bits per heavy atom. The maximum absolute atomic E-state index is 11.9. The van der Waals surface area contributed by atoms with Crippen LogP contribution >= 0.6 is 0 Å². The molecule has 0 saturated heterocycles. The standard InChI is InChI=1S/C11H25NO2S/c1-6-12-10(4)7-11(5)15(13,14)8-9(2)3/h9-12H,6-8H2,1-5H3. The number of sulfone groups is 1. The van der Waals surface area contributed by atoms with Crippen molar-refractivity contribution < 1.29 is 8.42 Å². The molecule has 0 heterocycles. The molecule has 1 N–H and O–H groups in total. The Hall–Kier alpha value is -0.0900. The summed E-state index contributed by atoms with van der Waals surface area (Å²) < 4.78 is 23.7. The Labute approximate surface area is 94.6 Å². The molecule has 0 aliphatic heterocycles. The highest BCUT2D eigenvalue weighted by Gasteiger charge is 2.23. The first-order chi connectivity index (χ1) is 6.79. The van der Waals surface area contributed by atoms with Crippen LogP contribution in [-0.4, -0.2) is 32.0 Å². The van der Waals surface area contributed by atoms with Crippen LogP contribution in [0.5, 0.6) is 0 Å². The Kier molecular flexibility index (Phi) is 6.44. The van der Waals surface area contributed by atoms with Gasteiger partial charge in [-0.2, -0.15) is 0 Å². The minimum Gasteiger partial charge on any atom is -0.314 e. The van der Waals surface area contributed by atoms with E-state index in [0.717, 1.165) is 6.54 Å². The van der Waals surface area contributed by atoms with E-state index in [1.54, 1.807) is 0 Å². The van der Waals surface area contributed by atoms with Gasteiger partial charge in [0.05, 0.1) is 11.0 Å². The van der Waals surface area contributed by atoms with E-state index >= 15 is 0 Å². The number of rotatable bonds is 7. The zero-order valence-electron chi connectivity index (χ0n) is 10.6. The van der Waals surface area contributed by atoms with Gasteiger partial charge in [0.2, 0.25) is 0 Å². The third-order valence-electron chi connectivity index (χ3n) is 2.42. The lowest BCUT2D eigenvalue weighted by Gasteiger charge is -2.19. The molecule has 0 aromatic rings. The molecule has 92 valence electrons. The normalized spacial score (nSPS) is 16.7. The molecular formula is C11H25NO2S. The lowest BCUT2D eigenvalue weighted by molar-refractivity contribution is 0.505. The predicted molar refractivity (Wildman–Crippen MR) is 65.8 cm³/mol. The van der Waals surface area contributed by atoms with Gasteiger partial charge in [-0.05, 0) is 32.7 Å². The van der Waals surface area contributed by atoms with Gasteiger partial charge in [0, 0.05) is 6.04 Å². The van der Waals surface area contributed by atoms with Crippen LogP contribution in [0.3, 0.4) is 0 Å². The summed E-state index contributed by atoms with van der Waals surface area (Å²) >= 11 is 0. The topological polar surface area (TPSA) is 46.2 Å². The summed E-state index contributed by atoms with van der Waals surface area (Å²) in [6.07, 6.45) is 0.697. The van der Waals surface area contributed by atoms with Crippen molar-refractivity contribution in [1.29, 1.82) is 0 Å². The van der Waals surface area contributed by atoms with Crippen molar-refractivity contribution in [2.24, 2.45) is 5.92 Å². The summed E-state index contributed by atoms with van der Waals surface area (Å²) in [6.45, 7) is 10.6. The minimum atomic E-state index is -2.91. The van der Waals surface area contributed by atoms with Crippen molar-refractivity contribution in [3.63, 3.8) is 0 Å². The molecule has 3 nitrogen and oxygen atoms in total. The van der Waals surface area contributed by atoms with Crippen LogP contribution < -0.4 is 5.32 Å². The van der Waals surface area contributed by atoms with E-state index in [1.807, 2.05) is 34.6 Å². The SMILES string of the molecule is CCNC(C)CC(C)S(=O)(=O)CC(C)C. The van der Waals surface area contributed by atoms with Crippen LogP contribution in [0.25, 0.3) is 0 Å². The molecule has 0 spiro atoms. The number of hydrogen-bond donors (Lipinski definition) is 1. The first-order valence-corrected chi connectivity index (χ1v) is 7.46. The summed E-state index contributed by atoms with van der Waals surface area (Å²) in [5.74, 6) is 0.513. The number of hydrogen-bond acceptors (Lipinski definition) is 3. The molecular weight excluding hydrogens is 210 g/mol. The van der Waals surface area contributed by atoms with E-state index in [4.69, 9.17) is 0 Å². The van der Waals surface area contributed by atoms with Gasteiger partial charge in [-0.3, -0.25) is 0 Å². The summed E-state index contributed by atoms with van der Waals surface area (Å²) in [4.78, 5) is 0. The van der Waals surface area contributed by atoms with Gasteiger partial charge in [0.1, 0.15) is 0 Å². The van der Waals surface area contributed by atoms with Gasteiger partial charge < -0.3 is 5.32 Å². The molecule has 0 aromatic heterocycles. The number of nitrogens with one attached hydrogen (secondary N) is 1. The molecule has 0 aliphatic rings. The molecule has 0 bridgehead atoms. The minimum absolute atomic E-state index is 0.215. The van der Waals surface area contributed by atoms with E-state index in [2.05, 4.69) is 5.32 Å². The molecule has 2 atom stereocenters. The molecule has 4 heteroatoms. The summed E-state index contributed by atoms with van der Waals surface area (Å²) in [6, 6.07) is 0.270. The molecule has 0 saturated carbocycles. The molecule has 2 unspecified atom stereocenters. The molecule has 0 aliphatic carbocycles. The molecule has 0 aromatic carbocycles. The Morgan fingerprint density at radius 1 is 1.13 bits per heavy atom. The van der Waals surface area contributed by atoms with Gasteiger partial charge in [-0.1, -0.05) is 20.8 Å². The van der Waals surface area contributed by atoms with E-state index in [1.165, 1.54) is 0 Å². The van der Waals surface area contributed by atoms with Gasteiger partial charge in [0.15, 0.2) is 9.84 Å². The van der Waals surface area contributed by atoms with E-state index in [0.29, 0.717) is 12.2 Å². The summed E-state index contributed by atoms with van der Waals surface area (Å²) in [7, 11) is -2.91. The Bertz CT molecular complexity index is 260. The second-order valence-electron chi connectivity index (χ2n) is 4.73. The van der Waals surface area contributed by atoms with Gasteiger partial charge in [-0.15, -0.1) is 0 Å². The average Bonchev–Trinajstić information content (AvgIpc) is 2.01. The third-order valence-corrected chi connectivity index (χ3v) is 4.97. The monoisotopic (exact) mass is 235 g/mol. The first-order valence-electron chi connectivity index (χ1n) is 5.74. The molecule has 15 heavy (non-hydrogen) atoms. The van der Waals surface area contributed by atoms with Crippen LogP contribution in [0.4, 0.5) is 0 Å². The highest BCUT2D eigenvalue weighted by atomic mass is 32.2. The van der Waals surface area contributed by atoms with Crippen LogP contribution in [0, 0.1) is 5.92 Å². The van der Waals surface area contributed by atoms with Crippen LogP contribution in [0.1, 0.15) is 41.0 Å². The third kappa shape index (κ3) is 6.15. The van der Waals surface area contributed by atoms with Gasteiger partial charge in [-0.25, -0.2) is 8.42 Å². The second-order valence-corrected chi connectivity index (χ2v) is 7.19. The molecule has 0 radical (unpaired) electrons. The lowest BCUT2D eigenvalue weighted by atomic mass is 10.2. The zero-order chi connectivity index (χ0) is 12.1. The molecule has 0 fully saturated rings. The van der Waals surface area contributed by atoms with E-state index in [-0.39, 0.29) is 17.2 Å². The largest absolute Gasteiger partial charge is 0.314 e. The van der Waals surface area contributed by atoms with Crippen molar-refractivity contribution in [1.82, 2.24) is 5.32 Å². The van der Waals surface area contributed by atoms with Crippen molar-refractivity contribution in [3.8, 4) is 0 Å². The van der Waals surface area contributed by atoms with Crippen molar-refractivity contribution >= 4 is 9.84 Å². The highest BCUT2D eigenvalue weighted by Crippen LogP contribution is 2.12. The second kappa shape index (κ2) is 6.48. The highest BCUT2D eigenvalue weighted by molar-refractivity contribution is 7.92.